The van der Waals surface area contributed by atoms with Crippen molar-refractivity contribution in [2.24, 2.45) is 0 Å². The third-order valence-electron chi connectivity index (χ3n) is 9.00. The van der Waals surface area contributed by atoms with E-state index in [4.69, 9.17) is 4.74 Å². The Balaban J connectivity index is 1.38. The molecular weight excluding hydrogens is 573 g/mol. The Hall–Kier alpha value is -5.88. The van der Waals surface area contributed by atoms with Gasteiger partial charge in [-0.05, 0) is 81.8 Å². The summed E-state index contributed by atoms with van der Waals surface area (Å²) in [6.45, 7) is -0.174. The Morgan fingerprint density at radius 1 is 0.522 bits per heavy atom. The van der Waals surface area contributed by atoms with Gasteiger partial charge in [0.2, 0.25) is 0 Å². The van der Waals surface area contributed by atoms with E-state index in [2.05, 4.69) is 71.6 Å². The van der Waals surface area contributed by atoms with Gasteiger partial charge in [0.1, 0.15) is 23.1 Å². The average molecular weight is 598 g/mol. The first kappa shape index (κ1) is 26.5. The Labute approximate surface area is 265 Å². The quantitative estimate of drug-likeness (QED) is 0.188. The molecule has 0 amide bonds. The summed E-state index contributed by atoms with van der Waals surface area (Å²) in [5.41, 5.74) is 7.70. The molecular formula is C40H25BF2N2O. The maximum Gasteiger partial charge on any atom is 0.257 e. The average Bonchev–Trinajstić information content (AvgIpc) is 3.09. The highest BCUT2D eigenvalue weighted by atomic mass is 19.1. The van der Waals surface area contributed by atoms with Gasteiger partial charge in [0.05, 0.1) is 11.4 Å². The number of benzene rings is 7. The molecule has 9 rings (SSSR count). The lowest BCUT2D eigenvalue weighted by Gasteiger charge is -2.41. The van der Waals surface area contributed by atoms with E-state index in [1.165, 1.54) is 12.1 Å². The van der Waals surface area contributed by atoms with Crippen molar-refractivity contribution < 1.29 is 13.5 Å². The van der Waals surface area contributed by atoms with Crippen LogP contribution in [0.3, 0.4) is 0 Å². The van der Waals surface area contributed by atoms with Crippen LogP contribution in [0.25, 0.3) is 10.8 Å². The van der Waals surface area contributed by atoms with Gasteiger partial charge >= 0.3 is 0 Å². The number of halogens is 2. The summed E-state index contributed by atoms with van der Waals surface area (Å²) in [4.78, 5) is 4.08. The van der Waals surface area contributed by atoms with Crippen molar-refractivity contribution in [2.45, 2.75) is 0 Å². The molecule has 0 fully saturated rings. The van der Waals surface area contributed by atoms with Crippen molar-refractivity contribution in [1.82, 2.24) is 0 Å². The van der Waals surface area contributed by atoms with Gasteiger partial charge in [0.25, 0.3) is 6.71 Å². The smallest absolute Gasteiger partial charge is 0.257 e. The van der Waals surface area contributed by atoms with Crippen LogP contribution in [-0.4, -0.2) is 6.71 Å². The van der Waals surface area contributed by atoms with E-state index >= 15 is 4.39 Å². The lowest BCUT2D eigenvalue weighted by molar-refractivity contribution is 0.488. The molecule has 2 aliphatic rings. The second-order valence-corrected chi connectivity index (χ2v) is 11.6. The third kappa shape index (κ3) is 4.03. The predicted molar refractivity (Wildman–Crippen MR) is 184 cm³/mol. The van der Waals surface area contributed by atoms with Crippen molar-refractivity contribution in [1.29, 1.82) is 0 Å². The standard InChI is InChI=1S/C40H25BF2N2O/c42-27-20-21-35(33(43)23-27)45-34-18-10-9-17-32(34)41-39-31-16-8-7-11-26(31)19-22-37(39)46-38-25-30(24-36(45)40(38)41)44(28-12-3-1-4-13-28)29-14-5-2-6-15-29/h1-25H. The molecule has 0 spiro atoms. The summed E-state index contributed by atoms with van der Waals surface area (Å²) in [7, 11) is 0. The molecule has 0 aromatic heterocycles. The van der Waals surface area contributed by atoms with E-state index in [1.54, 1.807) is 0 Å². The molecule has 7 aromatic rings. The lowest BCUT2D eigenvalue weighted by Crippen LogP contribution is -2.59. The number of rotatable bonds is 4. The Morgan fingerprint density at radius 3 is 1.98 bits per heavy atom. The van der Waals surface area contributed by atoms with Gasteiger partial charge < -0.3 is 14.5 Å². The van der Waals surface area contributed by atoms with Crippen LogP contribution < -0.4 is 30.9 Å². The molecule has 0 aliphatic carbocycles. The third-order valence-corrected chi connectivity index (χ3v) is 9.00. The van der Waals surface area contributed by atoms with Gasteiger partial charge in [-0.15, -0.1) is 0 Å². The molecule has 2 aliphatic heterocycles. The maximum atomic E-state index is 15.8. The van der Waals surface area contributed by atoms with Crippen LogP contribution >= 0.6 is 0 Å². The topological polar surface area (TPSA) is 15.7 Å². The molecule has 0 radical (unpaired) electrons. The van der Waals surface area contributed by atoms with E-state index < -0.39 is 11.6 Å². The Morgan fingerprint density at radius 2 is 1.22 bits per heavy atom. The number of nitrogens with zero attached hydrogens (tertiary/aromatic N) is 2. The fraction of sp³-hybridized carbons (Fsp3) is 0. The van der Waals surface area contributed by atoms with Gasteiger partial charge in [-0.2, -0.15) is 0 Å². The fourth-order valence-corrected chi connectivity index (χ4v) is 7.11. The zero-order valence-electron chi connectivity index (χ0n) is 24.6. The number of hydrogen-bond acceptors (Lipinski definition) is 3. The van der Waals surface area contributed by atoms with Gasteiger partial charge in [0.15, 0.2) is 0 Å². The van der Waals surface area contributed by atoms with Gasteiger partial charge in [-0.25, -0.2) is 8.78 Å². The monoisotopic (exact) mass is 598 g/mol. The molecule has 6 heteroatoms. The van der Waals surface area contributed by atoms with Gasteiger partial charge in [-0.1, -0.05) is 84.9 Å². The lowest BCUT2D eigenvalue weighted by atomic mass is 9.33. The molecule has 0 atom stereocenters. The number of para-hydroxylation sites is 3. The fourth-order valence-electron chi connectivity index (χ4n) is 7.11. The van der Waals surface area contributed by atoms with E-state index in [1.807, 2.05) is 71.6 Å². The van der Waals surface area contributed by atoms with Crippen molar-refractivity contribution >= 4 is 68.0 Å². The molecule has 7 aromatic carbocycles. The van der Waals surface area contributed by atoms with Crippen molar-refractivity contribution in [3.05, 3.63) is 163 Å². The predicted octanol–water partition coefficient (Wildman–Crippen LogP) is 8.99. The van der Waals surface area contributed by atoms with Crippen LogP contribution in [0.1, 0.15) is 0 Å². The largest absolute Gasteiger partial charge is 0.458 e. The normalized spacial score (nSPS) is 12.7. The van der Waals surface area contributed by atoms with Crippen LogP contribution in [0.15, 0.2) is 152 Å². The molecule has 2 heterocycles. The van der Waals surface area contributed by atoms with E-state index in [0.29, 0.717) is 5.75 Å². The van der Waals surface area contributed by atoms with Crippen LogP contribution in [-0.2, 0) is 0 Å². The molecule has 218 valence electrons. The highest BCUT2D eigenvalue weighted by Crippen LogP contribution is 2.46. The summed E-state index contributed by atoms with van der Waals surface area (Å²) in [5, 5.41) is 2.23. The SMILES string of the molecule is Fc1ccc(N2c3ccccc3B3c4c(cc(N(c5ccccc5)c5ccccc5)cc42)Oc2ccc4ccccc4c23)c(F)c1. The Kier molecular flexibility index (Phi) is 5.97. The summed E-state index contributed by atoms with van der Waals surface area (Å²) < 4.78 is 36.9. The Bertz CT molecular complexity index is 2250. The summed E-state index contributed by atoms with van der Waals surface area (Å²) in [5.74, 6) is 0.224. The number of hydrogen-bond donors (Lipinski definition) is 0. The van der Waals surface area contributed by atoms with E-state index in [0.717, 1.165) is 67.4 Å². The molecule has 46 heavy (non-hydrogen) atoms. The number of fused-ring (bicyclic) bond motifs is 6. The van der Waals surface area contributed by atoms with Crippen molar-refractivity contribution in [3.8, 4) is 11.5 Å². The second-order valence-electron chi connectivity index (χ2n) is 11.6. The van der Waals surface area contributed by atoms with Crippen LogP contribution in [0.4, 0.5) is 42.9 Å². The molecule has 0 N–H and O–H groups in total. The summed E-state index contributed by atoms with van der Waals surface area (Å²) >= 11 is 0. The minimum absolute atomic E-state index is 0.174. The van der Waals surface area contributed by atoms with E-state index in [-0.39, 0.29) is 12.4 Å². The molecule has 3 nitrogen and oxygen atoms in total. The van der Waals surface area contributed by atoms with Gasteiger partial charge in [-0.3, -0.25) is 0 Å². The molecule has 0 saturated carbocycles. The van der Waals surface area contributed by atoms with Crippen molar-refractivity contribution in [2.75, 3.05) is 9.80 Å². The first-order valence-corrected chi connectivity index (χ1v) is 15.3. The molecule has 0 bridgehead atoms. The molecule has 0 unspecified atom stereocenters. The summed E-state index contributed by atoms with van der Waals surface area (Å²) in [6.07, 6.45) is 0. The second kappa shape index (κ2) is 10.4. The van der Waals surface area contributed by atoms with Crippen LogP contribution in [0.2, 0.25) is 0 Å². The first-order chi connectivity index (χ1) is 22.7. The van der Waals surface area contributed by atoms with Crippen molar-refractivity contribution in [3.63, 3.8) is 0 Å². The minimum Gasteiger partial charge on any atom is -0.458 e. The van der Waals surface area contributed by atoms with Gasteiger partial charge in [0, 0.05) is 34.9 Å². The van der Waals surface area contributed by atoms with Crippen LogP contribution in [0.5, 0.6) is 11.5 Å². The zero-order chi connectivity index (χ0) is 30.8. The number of anilines is 6. The zero-order valence-corrected chi connectivity index (χ0v) is 24.6. The van der Waals surface area contributed by atoms with Crippen LogP contribution in [0, 0.1) is 11.6 Å². The first-order valence-electron chi connectivity index (χ1n) is 15.3. The maximum absolute atomic E-state index is 15.8. The summed E-state index contributed by atoms with van der Waals surface area (Å²) in [6, 6.07) is 48.8. The van der Waals surface area contributed by atoms with E-state index in [9.17, 15) is 4.39 Å². The highest BCUT2D eigenvalue weighted by Gasteiger charge is 2.43. The number of ether oxygens (including phenoxy) is 1. The highest BCUT2D eigenvalue weighted by molar-refractivity contribution is 7.00. The molecule has 0 saturated heterocycles. The minimum atomic E-state index is -0.641.